The largest absolute Gasteiger partial charge is 0.422 e. The molecule has 0 aliphatic carbocycles. The number of non-ortho nitro benzene ring substituents is 1. The van der Waals surface area contributed by atoms with E-state index in [0.29, 0.717) is 16.3 Å². The van der Waals surface area contributed by atoms with Crippen molar-refractivity contribution in [2.45, 2.75) is 19.3 Å². The summed E-state index contributed by atoms with van der Waals surface area (Å²) in [7, 11) is 0. The van der Waals surface area contributed by atoms with E-state index in [-0.39, 0.29) is 11.3 Å². The van der Waals surface area contributed by atoms with Crippen LogP contribution in [0.25, 0.3) is 0 Å². The van der Waals surface area contributed by atoms with Crippen LogP contribution >= 0.6 is 12.2 Å². The predicted octanol–water partition coefficient (Wildman–Crippen LogP) is 3.98. The first kappa shape index (κ1) is 18.0. The molecule has 0 spiro atoms. The zero-order valence-electron chi connectivity index (χ0n) is 14.1. The first-order chi connectivity index (χ1) is 12.6. The molecule has 0 unspecified atom stereocenters. The first-order valence-electron chi connectivity index (χ1n) is 8.41. The Kier molecular flexibility index (Phi) is 5.58. The molecule has 2 aromatic carbocycles. The van der Waals surface area contributed by atoms with Crippen LogP contribution in [0.1, 0.15) is 35.2 Å². The third-order valence-electron chi connectivity index (χ3n) is 4.26. The molecule has 0 aromatic heterocycles. The minimum Gasteiger partial charge on any atom is -0.422 e. The van der Waals surface area contributed by atoms with Crippen LogP contribution in [-0.2, 0) is 0 Å². The van der Waals surface area contributed by atoms with Crippen molar-refractivity contribution in [1.82, 2.24) is 4.90 Å². The number of ether oxygens (including phenoxy) is 1. The van der Waals surface area contributed by atoms with Gasteiger partial charge in [0.15, 0.2) is 0 Å². The van der Waals surface area contributed by atoms with Crippen LogP contribution in [0.2, 0.25) is 0 Å². The third kappa shape index (κ3) is 4.05. The maximum Gasteiger partial charge on any atom is 0.343 e. The highest BCUT2D eigenvalue weighted by Gasteiger charge is 2.20. The highest BCUT2D eigenvalue weighted by molar-refractivity contribution is 7.80. The molecule has 0 N–H and O–H groups in total. The van der Waals surface area contributed by atoms with Crippen molar-refractivity contribution in [3.63, 3.8) is 0 Å². The molecule has 1 heterocycles. The van der Waals surface area contributed by atoms with E-state index in [1.165, 1.54) is 30.7 Å². The summed E-state index contributed by atoms with van der Waals surface area (Å²) in [5, 5.41) is 10.9. The smallest absolute Gasteiger partial charge is 0.343 e. The highest BCUT2D eigenvalue weighted by Crippen LogP contribution is 2.24. The van der Waals surface area contributed by atoms with Crippen molar-refractivity contribution >= 4 is 28.9 Å². The Morgan fingerprint density at radius 2 is 1.81 bits per heavy atom. The summed E-state index contributed by atoms with van der Waals surface area (Å²) < 4.78 is 5.50. The van der Waals surface area contributed by atoms with E-state index < -0.39 is 10.9 Å². The van der Waals surface area contributed by atoms with E-state index in [4.69, 9.17) is 17.0 Å². The number of thiocarbonyl (C=S) groups is 1. The molecule has 134 valence electrons. The number of esters is 1. The van der Waals surface area contributed by atoms with E-state index in [9.17, 15) is 14.9 Å². The fourth-order valence-corrected chi connectivity index (χ4v) is 3.26. The summed E-state index contributed by atoms with van der Waals surface area (Å²) in [5.41, 5.74) is 0.651. The van der Waals surface area contributed by atoms with Gasteiger partial charge in [-0.2, -0.15) is 0 Å². The molecule has 1 aliphatic heterocycles. The van der Waals surface area contributed by atoms with Gasteiger partial charge in [-0.1, -0.05) is 30.4 Å². The highest BCUT2D eigenvalue weighted by atomic mass is 32.1. The number of nitrogens with zero attached hydrogens (tertiary/aromatic N) is 2. The molecule has 3 rings (SSSR count). The monoisotopic (exact) mass is 370 g/mol. The molecule has 1 saturated heterocycles. The molecule has 1 fully saturated rings. The Morgan fingerprint density at radius 1 is 1.08 bits per heavy atom. The molecule has 0 bridgehead atoms. The van der Waals surface area contributed by atoms with Gasteiger partial charge in [-0.25, -0.2) is 4.79 Å². The number of hydrogen-bond acceptors (Lipinski definition) is 5. The van der Waals surface area contributed by atoms with Crippen LogP contribution in [0.15, 0.2) is 48.5 Å². The quantitative estimate of drug-likeness (QED) is 0.267. The minimum atomic E-state index is -0.650. The average molecular weight is 370 g/mol. The maximum absolute atomic E-state index is 12.4. The predicted molar refractivity (Wildman–Crippen MR) is 102 cm³/mol. The normalized spacial score (nSPS) is 13.9. The average Bonchev–Trinajstić information content (AvgIpc) is 2.68. The number of carbonyl (C=O) groups excluding carboxylic acids is 1. The number of carbonyl (C=O) groups is 1. The Morgan fingerprint density at radius 3 is 2.54 bits per heavy atom. The molecule has 6 nitrogen and oxygen atoms in total. The van der Waals surface area contributed by atoms with Crippen LogP contribution in [0.4, 0.5) is 5.69 Å². The second-order valence-corrected chi connectivity index (χ2v) is 6.43. The van der Waals surface area contributed by atoms with Gasteiger partial charge in [-0.15, -0.1) is 0 Å². The van der Waals surface area contributed by atoms with Crippen molar-refractivity contribution in [3.05, 3.63) is 69.8 Å². The van der Waals surface area contributed by atoms with E-state index in [1.807, 2.05) is 12.1 Å². The fraction of sp³-hybridized carbons (Fsp3) is 0.263. The lowest BCUT2D eigenvalue weighted by Crippen LogP contribution is -2.35. The van der Waals surface area contributed by atoms with Gasteiger partial charge in [0.25, 0.3) is 5.69 Å². The minimum absolute atomic E-state index is 0.123. The number of nitro groups is 1. The van der Waals surface area contributed by atoms with Gasteiger partial charge in [0.1, 0.15) is 10.7 Å². The Labute approximate surface area is 156 Å². The zero-order chi connectivity index (χ0) is 18.5. The molecule has 7 heteroatoms. The van der Waals surface area contributed by atoms with Gasteiger partial charge >= 0.3 is 5.97 Å². The maximum atomic E-state index is 12.4. The van der Waals surface area contributed by atoms with Gasteiger partial charge in [0, 0.05) is 25.2 Å². The molecule has 0 radical (unpaired) electrons. The number of rotatable bonds is 4. The van der Waals surface area contributed by atoms with E-state index >= 15 is 0 Å². The van der Waals surface area contributed by atoms with Crippen LogP contribution in [0.5, 0.6) is 5.75 Å². The second kappa shape index (κ2) is 8.05. The van der Waals surface area contributed by atoms with Gasteiger partial charge in [0.2, 0.25) is 0 Å². The van der Waals surface area contributed by atoms with Crippen molar-refractivity contribution < 1.29 is 14.5 Å². The lowest BCUT2D eigenvalue weighted by atomic mass is 10.1. The molecule has 1 aliphatic rings. The summed E-state index contributed by atoms with van der Waals surface area (Å²) in [6, 6.07) is 12.6. The second-order valence-electron chi connectivity index (χ2n) is 6.05. The number of nitro benzene ring substituents is 1. The number of likely N-dealkylation sites (tertiary alicyclic amines) is 1. The molecule has 2 aromatic rings. The van der Waals surface area contributed by atoms with E-state index in [0.717, 1.165) is 25.9 Å². The number of piperidine rings is 1. The number of hydrogen-bond donors (Lipinski definition) is 0. The molecule has 0 atom stereocenters. The number of para-hydroxylation sites is 1. The van der Waals surface area contributed by atoms with Crippen molar-refractivity contribution in [2.75, 3.05) is 13.1 Å². The van der Waals surface area contributed by atoms with Crippen molar-refractivity contribution in [3.8, 4) is 5.75 Å². The molecule has 0 saturated carbocycles. The van der Waals surface area contributed by atoms with Crippen molar-refractivity contribution in [1.29, 1.82) is 0 Å². The summed E-state index contributed by atoms with van der Waals surface area (Å²) in [6.07, 6.45) is 3.38. The van der Waals surface area contributed by atoms with Gasteiger partial charge in [-0.3, -0.25) is 10.1 Å². The molecular weight excluding hydrogens is 352 g/mol. The van der Waals surface area contributed by atoms with Crippen LogP contribution in [-0.4, -0.2) is 33.9 Å². The Bertz CT molecular complexity index is 847. The fourth-order valence-electron chi connectivity index (χ4n) is 2.90. The molecular formula is C19H18N2O4S. The van der Waals surface area contributed by atoms with Gasteiger partial charge < -0.3 is 9.64 Å². The summed E-state index contributed by atoms with van der Waals surface area (Å²) in [6.45, 7) is 1.79. The lowest BCUT2D eigenvalue weighted by molar-refractivity contribution is -0.384. The Hall–Kier alpha value is -2.80. The van der Waals surface area contributed by atoms with Gasteiger partial charge in [-0.05, 0) is 37.5 Å². The summed E-state index contributed by atoms with van der Waals surface area (Å²) in [4.78, 5) is 25.6. The van der Waals surface area contributed by atoms with Crippen LogP contribution in [0.3, 0.4) is 0 Å². The van der Waals surface area contributed by atoms with E-state index in [2.05, 4.69) is 4.90 Å². The topological polar surface area (TPSA) is 72.7 Å². The SMILES string of the molecule is O=C(Oc1ccccc1C(=S)N1CCCCC1)c1cccc([N+](=O)[O-])c1. The van der Waals surface area contributed by atoms with Crippen LogP contribution < -0.4 is 4.74 Å². The summed E-state index contributed by atoms with van der Waals surface area (Å²) >= 11 is 5.60. The summed E-state index contributed by atoms with van der Waals surface area (Å²) in [5.74, 6) is -0.290. The Balaban J connectivity index is 1.82. The van der Waals surface area contributed by atoms with Gasteiger partial charge in [0.05, 0.1) is 16.1 Å². The first-order valence-corrected chi connectivity index (χ1v) is 8.82. The molecule has 26 heavy (non-hydrogen) atoms. The standard InChI is InChI=1S/C19H18N2O4S/c22-19(14-7-6-8-15(13-14)21(23)24)25-17-10-3-2-9-16(17)18(26)20-11-4-1-5-12-20/h2-3,6-10,13H,1,4-5,11-12H2. The zero-order valence-corrected chi connectivity index (χ0v) is 14.9. The lowest BCUT2D eigenvalue weighted by Gasteiger charge is -2.29. The molecule has 0 amide bonds. The van der Waals surface area contributed by atoms with Crippen LogP contribution in [0, 0.1) is 10.1 Å². The number of benzene rings is 2. The van der Waals surface area contributed by atoms with E-state index in [1.54, 1.807) is 12.1 Å². The third-order valence-corrected chi connectivity index (χ3v) is 4.73. The van der Waals surface area contributed by atoms with Crippen molar-refractivity contribution in [2.24, 2.45) is 0 Å².